The third-order valence-electron chi connectivity index (χ3n) is 3.45. The quantitative estimate of drug-likeness (QED) is 0.553. The van der Waals surface area contributed by atoms with Crippen molar-refractivity contribution < 1.29 is 14.7 Å². The summed E-state index contributed by atoms with van der Waals surface area (Å²) in [5, 5.41) is 8.82. The Morgan fingerprint density at radius 1 is 1.47 bits per heavy atom. The number of aliphatic hydroxyl groups is 1. The highest BCUT2D eigenvalue weighted by Gasteiger charge is 2.56. The standard InChI is InChI=1S/C11H14O3S/c12-3-4-15-11(7-14)9-2-1-8(5-9)10(11)6-13/h1-2,6-10,12H,3-5H2. The maximum Gasteiger partial charge on any atom is 0.137 e. The van der Waals surface area contributed by atoms with Gasteiger partial charge in [-0.2, -0.15) is 0 Å². The molecule has 0 radical (unpaired) electrons. The van der Waals surface area contributed by atoms with E-state index in [4.69, 9.17) is 5.11 Å². The molecule has 0 heterocycles. The van der Waals surface area contributed by atoms with Gasteiger partial charge < -0.3 is 14.7 Å². The largest absolute Gasteiger partial charge is 0.396 e. The normalized spacial score (nSPS) is 42.1. The average Bonchev–Trinajstić information content (AvgIpc) is 2.84. The van der Waals surface area contributed by atoms with Gasteiger partial charge in [-0.05, 0) is 18.3 Å². The molecule has 2 bridgehead atoms. The van der Waals surface area contributed by atoms with Crippen molar-refractivity contribution in [2.45, 2.75) is 11.2 Å². The van der Waals surface area contributed by atoms with E-state index in [2.05, 4.69) is 0 Å². The maximum absolute atomic E-state index is 11.3. The Morgan fingerprint density at radius 2 is 2.27 bits per heavy atom. The van der Waals surface area contributed by atoms with Gasteiger partial charge in [-0.25, -0.2) is 0 Å². The average molecular weight is 226 g/mol. The summed E-state index contributed by atoms with van der Waals surface area (Å²) in [7, 11) is 0. The van der Waals surface area contributed by atoms with E-state index in [9.17, 15) is 9.59 Å². The first kappa shape index (κ1) is 10.9. The lowest BCUT2D eigenvalue weighted by atomic mass is 9.84. The molecule has 2 aliphatic carbocycles. The van der Waals surface area contributed by atoms with Crippen molar-refractivity contribution in [1.29, 1.82) is 0 Å². The summed E-state index contributed by atoms with van der Waals surface area (Å²) in [6.45, 7) is 0.0485. The van der Waals surface area contributed by atoms with E-state index in [1.807, 2.05) is 12.2 Å². The molecule has 4 unspecified atom stereocenters. The van der Waals surface area contributed by atoms with Crippen molar-refractivity contribution in [3.63, 3.8) is 0 Å². The summed E-state index contributed by atoms with van der Waals surface area (Å²) < 4.78 is -0.607. The van der Waals surface area contributed by atoms with Crippen LogP contribution >= 0.6 is 11.8 Å². The number of hydrogen-bond donors (Lipinski definition) is 1. The lowest BCUT2D eigenvalue weighted by Crippen LogP contribution is -2.41. The number of carbonyl (C=O) groups is 2. The van der Waals surface area contributed by atoms with Gasteiger partial charge in [-0.3, -0.25) is 0 Å². The SMILES string of the molecule is O=CC1C2C=CC(C2)C1(C=O)SCCO. The van der Waals surface area contributed by atoms with Gasteiger partial charge in [0.05, 0.1) is 11.4 Å². The van der Waals surface area contributed by atoms with Crippen LogP contribution < -0.4 is 0 Å². The second-order valence-corrected chi connectivity index (χ2v) is 5.50. The van der Waals surface area contributed by atoms with Gasteiger partial charge in [0.1, 0.15) is 12.6 Å². The van der Waals surface area contributed by atoms with E-state index >= 15 is 0 Å². The number of aldehydes is 2. The zero-order chi connectivity index (χ0) is 10.9. The molecule has 82 valence electrons. The smallest absolute Gasteiger partial charge is 0.137 e. The molecular weight excluding hydrogens is 212 g/mol. The first-order valence-electron chi connectivity index (χ1n) is 5.13. The summed E-state index contributed by atoms with van der Waals surface area (Å²) in [6.07, 6.45) is 6.82. The molecule has 0 saturated heterocycles. The molecule has 3 nitrogen and oxygen atoms in total. The number of aliphatic hydroxyl groups excluding tert-OH is 1. The Labute approximate surface area is 92.9 Å². The van der Waals surface area contributed by atoms with Gasteiger partial charge in [0.15, 0.2) is 0 Å². The number of hydrogen-bond acceptors (Lipinski definition) is 4. The van der Waals surface area contributed by atoms with Crippen molar-refractivity contribution >= 4 is 24.3 Å². The molecule has 2 aliphatic rings. The molecule has 4 atom stereocenters. The number of rotatable bonds is 5. The zero-order valence-electron chi connectivity index (χ0n) is 8.33. The third-order valence-corrected chi connectivity index (χ3v) is 5.01. The summed E-state index contributed by atoms with van der Waals surface area (Å²) in [5.41, 5.74) is 0. The minimum atomic E-state index is -0.607. The van der Waals surface area contributed by atoms with Crippen LogP contribution in [0.25, 0.3) is 0 Å². The predicted octanol–water partition coefficient (Wildman–Crippen LogP) is 0.671. The molecule has 0 spiro atoms. The van der Waals surface area contributed by atoms with Crippen LogP contribution in [0.4, 0.5) is 0 Å². The van der Waals surface area contributed by atoms with Gasteiger partial charge in [0.2, 0.25) is 0 Å². The Kier molecular flexibility index (Phi) is 2.98. The molecule has 2 rings (SSSR count). The molecule has 0 aromatic carbocycles. The minimum absolute atomic E-state index is 0.0485. The minimum Gasteiger partial charge on any atom is -0.396 e. The summed E-state index contributed by atoms with van der Waals surface area (Å²) in [4.78, 5) is 22.4. The van der Waals surface area contributed by atoms with E-state index < -0.39 is 4.75 Å². The summed E-state index contributed by atoms with van der Waals surface area (Å²) in [6, 6.07) is 0. The van der Waals surface area contributed by atoms with Crippen LogP contribution in [0.5, 0.6) is 0 Å². The zero-order valence-corrected chi connectivity index (χ0v) is 9.15. The van der Waals surface area contributed by atoms with E-state index in [1.54, 1.807) is 0 Å². The molecule has 0 aromatic heterocycles. The summed E-state index contributed by atoms with van der Waals surface area (Å²) >= 11 is 1.43. The first-order valence-corrected chi connectivity index (χ1v) is 6.12. The molecule has 0 aliphatic heterocycles. The molecular formula is C11H14O3S. The predicted molar refractivity (Wildman–Crippen MR) is 58.6 cm³/mol. The number of thioether (sulfide) groups is 1. The fourth-order valence-electron chi connectivity index (χ4n) is 2.74. The van der Waals surface area contributed by atoms with Gasteiger partial charge in [0, 0.05) is 11.7 Å². The third kappa shape index (κ3) is 1.47. The highest BCUT2D eigenvalue weighted by Crippen LogP contribution is 2.55. The van der Waals surface area contributed by atoms with Gasteiger partial charge in [-0.1, -0.05) is 12.2 Å². The van der Waals surface area contributed by atoms with Crippen molar-refractivity contribution in [2.24, 2.45) is 17.8 Å². The molecule has 15 heavy (non-hydrogen) atoms. The second-order valence-electron chi connectivity index (χ2n) is 4.10. The fourth-order valence-corrected chi connectivity index (χ4v) is 4.07. The molecule has 0 aromatic rings. The van der Waals surface area contributed by atoms with Crippen LogP contribution in [-0.4, -0.2) is 34.8 Å². The van der Waals surface area contributed by atoms with Crippen molar-refractivity contribution in [3.8, 4) is 0 Å². The van der Waals surface area contributed by atoms with Crippen LogP contribution in [0.2, 0.25) is 0 Å². The van der Waals surface area contributed by atoms with Crippen LogP contribution in [0.15, 0.2) is 12.2 Å². The lowest BCUT2D eigenvalue weighted by molar-refractivity contribution is -0.118. The second kappa shape index (κ2) is 4.10. The van der Waals surface area contributed by atoms with Crippen LogP contribution in [-0.2, 0) is 9.59 Å². The van der Waals surface area contributed by atoms with Gasteiger partial charge >= 0.3 is 0 Å². The number of allylic oxidation sites excluding steroid dienone is 2. The van der Waals surface area contributed by atoms with Crippen molar-refractivity contribution in [2.75, 3.05) is 12.4 Å². The van der Waals surface area contributed by atoms with Crippen LogP contribution in [0.1, 0.15) is 6.42 Å². The van der Waals surface area contributed by atoms with Crippen molar-refractivity contribution in [1.82, 2.24) is 0 Å². The molecule has 0 amide bonds. The highest BCUT2D eigenvalue weighted by atomic mass is 32.2. The van der Waals surface area contributed by atoms with E-state index in [0.29, 0.717) is 5.75 Å². The monoisotopic (exact) mass is 226 g/mol. The maximum atomic E-state index is 11.3. The molecule has 1 fully saturated rings. The van der Waals surface area contributed by atoms with E-state index in [0.717, 1.165) is 19.0 Å². The highest BCUT2D eigenvalue weighted by molar-refractivity contribution is 8.01. The Morgan fingerprint density at radius 3 is 2.87 bits per heavy atom. The van der Waals surface area contributed by atoms with E-state index in [-0.39, 0.29) is 24.4 Å². The van der Waals surface area contributed by atoms with Gasteiger partial charge in [-0.15, -0.1) is 11.8 Å². The van der Waals surface area contributed by atoms with Crippen molar-refractivity contribution in [3.05, 3.63) is 12.2 Å². The Balaban J connectivity index is 2.26. The lowest BCUT2D eigenvalue weighted by Gasteiger charge is -2.33. The van der Waals surface area contributed by atoms with Gasteiger partial charge in [0.25, 0.3) is 0 Å². The van der Waals surface area contributed by atoms with Crippen LogP contribution in [0, 0.1) is 17.8 Å². The first-order chi connectivity index (χ1) is 7.28. The summed E-state index contributed by atoms with van der Waals surface area (Å²) in [5.74, 6) is 0.706. The molecule has 1 saturated carbocycles. The topological polar surface area (TPSA) is 54.4 Å². The van der Waals surface area contributed by atoms with Crippen LogP contribution in [0.3, 0.4) is 0 Å². The molecule has 1 N–H and O–H groups in total. The number of carbonyl (C=O) groups excluding carboxylic acids is 2. The fraction of sp³-hybridized carbons (Fsp3) is 0.636. The Bertz CT molecular complexity index is 302. The Hall–Kier alpha value is -0.610. The van der Waals surface area contributed by atoms with E-state index in [1.165, 1.54) is 11.8 Å². The number of fused-ring (bicyclic) bond motifs is 2. The molecule has 4 heteroatoms.